The first kappa shape index (κ1) is 21.6. The van der Waals surface area contributed by atoms with Crippen LogP contribution >= 0.6 is 15.9 Å². The van der Waals surface area contributed by atoms with E-state index in [1.54, 1.807) is 13.2 Å². The van der Waals surface area contributed by atoms with Gasteiger partial charge in [-0.05, 0) is 48.5 Å². The van der Waals surface area contributed by atoms with Crippen LogP contribution in [0.15, 0.2) is 88.0 Å². The molecule has 0 amide bonds. The topological polar surface area (TPSA) is 66.3 Å². The second-order valence-corrected chi connectivity index (χ2v) is 7.65. The van der Waals surface area contributed by atoms with Crippen molar-refractivity contribution in [1.82, 2.24) is 0 Å². The van der Waals surface area contributed by atoms with Crippen LogP contribution in [-0.2, 0) is 9.53 Å². The molecule has 1 heterocycles. The molecule has 0 bridgehead atoms. The number of cyclic esters (lactones) is 1. The summed E-state index contributed by atoms with van der Waals surface area (Å²) in [5, 5.41) is 0. The highest BCUT2D eigenvalue weighted by molar-refractivity contribution is 9.10. The molecule has 0 spiro atoms. The molecule has 1 aliphatic rings. The SMILES string of the molecule is COc1ccccc1OCCOc1ccc(Br)cc1/C=C1\N=C(c2ccccc2)OC1=O. The Labute approximate surface area is 194 Å². The van der Waals surface area contributed by atoms with Crippen LogP contribution in [0.5, 0.6) is 17.2 Å². The van der Waals surface area contributed by atoms with Gasteiger partial charge in [-0.3, -0.25) is 0 Å². The smallest absolute Gasteiger partial charge is 0.363 e. The maximum Gasteiger partial charge on any atom is 0.363 e. The zero-order chi connectivity index (χ0) is 22.3. The van der Waals surface area contributed by atoms with Crippen LogP contribution in [0.2, 0.25) is 0 Å². The number of carbonyl (C=O) groups excluding carboxylic acids is 1. The van der Waals surface area contributed by atoms with Crippen molar-refractivity contribution in [3.05, 3.63) is 94.1 Å². The highest BCUT2D eigenvalue weighted by Crippen LogP contribution is 2.29. The van der Waals surface area contributed by atoms with E-state index in [1.807, 2.05) is 72.8 Å². The standard InChI is InChI=1S/C25H20BrNO5/c1-29-22-9-5-6-10-23(22)31-14-13-30-21-12-11-19(26)15-18(21)16-20-25(28)32-24(27-20)17-7-3-2-4-8-17/h2-12,15-16H,13-14H2,1H3/b20-16-. The van der Waals surface area contributed by atoms with E-state index in [0.717, 1.165) is 10.0 Å². The molecule has 162 valence electrons. The number of hydrogen-bond donors (Lipinski definition) is 0. The highest BCUT2D eigenvalue weighted by atomic mass is 79.9. The number of ether oxygens (including phenoxy) is 4. The monoisotopic (exact) mass is 493 g/mol. The van der Waals surface area contributed by atoms with Gasteiger partial charge < -0.3 is 18.9 Å². The number of esters is 1. The number of nitrogens with zero attached hydrogens (tertiary/aromatic N) is 1. The second-order valence-electron chi connectivity index (χ2n) is 6.73. The van der Waals surface area contributed by atoms with Crippen LogP contribution in [0.4, 0.5) is 0 Å². The van der Waals surface area contributed by atoms with Gasteiger partial charge in [-0.1, -0.05) is 46.3 Å². The van der Waals surface area contributed by atoms with Crippen molar-refractivity contribution in [1.29, 1.82) is 0 Å². The first-order valence-electron chi connectivity index (χ1n) is 9.90. The van der Waals surface area contributed by atoms with E-state index in [1.165, 1.54) is 0 Å². The minimum atomic E-state index is -0.505. The van der Waals surface area contributed by atoms with Crippen LogP contribution in [0.25, 0.3) is 6.08 Å². The lowest BCUT2D eigenvalue weighted by Gasteiger charge is -2.12. The summed E-state index contributed by atoms with van der Waals surface area (Å²) in [7, 11) is 1.60. The summed E-state index contributed by atoms with van der Waals surface area (Å²) in [6, 6.07) is 22.3. The number of halogens is 1. The van der Waals surface area contributed by atoms with Crippen LogP contribution in [-0.4, -0.2) is 32.2 Å². The van der Waals surface area contributed by atoms with Gasteiger partial charge in [0.05, 0.1) is 7.11 Å². The lowest BCUT2D eigenvalue weighted by atomic mass is 10.1. The predicted molar refractivity (Wildman–Crippen MR) is 125 cm³/mol. The maximum atomic E-state index is 12.3. The third-order valence-electron chi connectivity index (χ3n) is 4.57. The summed E-state index contributed by atoms with van der Waals surface area (Å²) < 4.78 is 23.1. The molecule has 1 aliphatic heterocycles. The Bertz CT molecular complexity index is 1170. The molecule has 0 atom stereocenters. The van der Waals surface area contributed by atoms with Crippen molar-refractivity contribution in [2.45, 2.75) is 0 Å². The van der Waals surface area contributed by atoms with Crippen LogP contribution in [0.1, 0.15) is 11.1 Å². The van der Waals surface area contributed by atoms with Gasteiger partial charge in [0.25, 0.3) is 0 Å². The molecular formula is C25H20BrNO5. The van der Waals surface area contributed by atoms with E-state index < -0.39 is 5.97 Å². The second kappa shape index (κ2) is 10.2. The fraction of sp³-hybridized carbons (Fsp3) is 0.120. The average molecular weight is 494 g/mol. The van der Waals surface area contributed by atoms with Crippen LogP contribution in [0, 0.1) is 0 Å². The van der Waals surface area contributed by atoms with E-state index in [4.69, 9.17) is 18.9 Å². The molecule has 32 heavy (non-hydrogen) atoms. The Kier molecular flexibility index (Phi) is 6.87. The average Bonchev–Trinajstić information content (AvgIpc) is 3.19. The fourth-order valence-electron chi connectivity index (χ4n) is 3.07. The molecule has 4 rings (SSSR count). The quantitative estimate of drug-likeness (QED) is 0.243. The molecule has 3 aromatic carbocycles. The van der Waals surface area contributed by atoms with E-state index in [-0.39, 0.29) is 11.6 Å². The van der Waals surface area contributed by atoms with Crippen molar-refractivity contribution in [3.8, 4) is 17.2 Å². The number of benzene rings is 3. The van der Waals surface area contributed by atoms with Gasteiger partial charge in [0.2, 0.25) is 5.90 Å². The third-order valence-corrected chi connectivity index (χ3v) is 5.07. The van der Waals surface area contributed by atoms with Crippen molar-refractivity contribution >= 4 is 33.9 Å². The van der Waals surface area contributed by atoms with Gasteiger partial charge in [-0.2, -0.15) is 0 Å². The Morgan fingerprint density at radius 2 is 1.59 bits per heavy atom. The van der Waals surface area contributed by atoms with Crippen molar-refractivity contribution in [3.63, 3.8) is 0 Å². The molecular weight excluding hydrogens is 474 g/mol. The highest BCUT2D eigenvalue weighted by Gasteiger charge is 2.24. The van der Waals surface area contributed by atoms with Gasteiger partial charge in [0, 0.05) is 15.6 Å². The van der Waals surface area contributed by atoms with Gasteiger partial charge in [-0.25, -0.2) is 9.79 Å². The Balaban J connectivity index is 1.47. The van der Waals surface area contributed by atoms with Crippen LogP contribution < -0.4 is 14.2 Å². The summed E-state index contributed by atoms with van der Waals surface area (Å²) in [6.07, 6.45) is 1.65. The number of carbonyl (C=O) groups is 1. The van der Waals surface area contributed by atoms with Crippen molar-refractivity contribution in [2.75, 3.05) is 20.3 Å². The van der Waals surface area contributed by atoms with Crippen LogP contribution in [0.3, 0.4) is 0 Å². The number of para-hydroxylation sites is 2. The molecule has 0 saturated carbocycles. The van der Waals surface area contributed by atoms with E-state index in [9.17, 15) is 4.79 Å². The number of methoxy groups -OCH3 is 1. The molecule has 6 nitrogen and oxygen atoms in total. The maximum absolute atomic E-state index is 12.3. The van der Waals surface area contributed by atoms with Gasteiger partial charge in [0.15, 0.2) is 17.2 Å². The minimum absolute atomic E-state index is 0.206. The summed E-state index contributed by atoms with van der Waals surface area (Å²) >= 11 is 3.46. The Morgan fingerprint density at radius 3 is 2.34 bits per heavy atom. The molecule has 0 N–H and O–H groups in total. The Morgan fingerprint density at radius 1 is 0.906 bits per heavy atom. The summed E-state index contributed by atoms with van der Waals surface area (Å²) in [5.41, 5.74) is 1.64. The number of hydrogen-bond acceptors (Lipinski definition) is 6. The Hall–Kier alpha value is -3.58. The van der Waals surface area contributed by atoms with Gasteiger partial charge >= 0.3 is 5.97 Å². The first-order chi connectivity index (χ1) is 15.6. The lowest BCUT2D eigenvalue weighted by molar-refractivity contribution is -0.129. The summed E-state index contributed by atoms with van der Waals surface area (Å²) in [4.78, 5) is 16.7. The van der Waals surface area contributed by atoms with E-state index >= 15 is 0 Å². The largest absolute Gasteiger partial charge is 0.493 e. The normalized spacial score (nSPS) is 14.1. The van der Waals surface area contributed by atoms with Gasteiger partial charge in [0.1, 0.15) is 19.0 Å². The molecule has 0 aromatic heterocycles. The zero-order valence-electron chi connectivity index (χ0n) is 17.3. The predicted octanol–water partition coefficient (Wildman–Crippen LogP) is 5.26. The fourth-order valence-corrected chi connectivity index (χ4v) is 3.44. The van der Waals surface area contributed by atoms with E-state index in [2.05, 4.69) is 20.9 Å². The lowest BCUT2D eigenvalue weighted by Crippen LogP contribution is -2.10. The molecule has 3 aromatic rings. The zero-order valence-corrected chi connectivity index (χ0v) is 18.9. The number of rotatable bonds is 8. The third kappa shape index (κ3) is 5.18. The molecule has 0 saturated heterocycles. The molecule has 0 unspecified atom stereocenters. The van der Waals surface area contributed by atoms with Crippen molar-refractivity contribution < 1.29 is 23.7 Å². The molecule has 0 radical (unpaired) electrons. The summed E-state index contributed by atoms with van der Waals surface area (Å²) in [6.45, 7) is 0.629. The van der Waals surface area contributed by atoms with E-state index in [0.29, 0.717) is 36.0 Å². The number of aliphatic imine (C=N–C) groups is 1. The van der Waals surface area contributed by atoms with Gasteiger partial charge in [-0.15, -0.1) is 0 Å². The first-order valence-corrected chi connectivity index (χ1v) is 10.7. The molecule has 0 aliphatic carbocycles. The minimum Gasteiger partial charge on any atom is -0.493 e. The summed E-state index contributed by atoms with van der Waals surface area (Å²) in [5.74, 6) is 1.68. The van der Waals surface area contributed by atoms with Crippen molar-refractivity contribution in [2.24, 2.45) is 4.99 Å². The molecule has 7 heteroatoms. The molecule has 0 fully saturated rings.